The molecule has 22 heavy (non-hydrogen) atoms. The number of quaternary nitrogens is 1. The summed E-state index contributed by atoms with van der Waals surface area (Å²) in [6.07, 6.45) is 4.86. The van der Waals surface area contributed by atoms with E-state index in [0.717, 1.165) is 38.2 Å². The van der Waals surface area contributed by atoms with Gasteiger partial charge in [0.1, 0.15) is 13.1 Å². The molecular weight excluding hydrogens is 298 g/mol. The van der Waals surface area contributed by atoms with E-state index < -0.39 is 0 Å². The summed E-state index contributed by atoms with van der Waals surface area (Å²) >= 11 is 0. The van der Waals surface area contributed by atoms with E-state index in [-0.39, 0.29) is 18.3 Å². The number of halogens is 1. The zero-order chi connectivity index (χ0) is 15.1. The Kier molecular flexibility index (Phi) is 8.46. The second-order valence-electron chi connectivity index (χ2n) is 6.01. The molecule has 1 fully saturated rings. The van der Waals surface area contributed by atoms with E-state index in [2.05, 4.69) is 36.4 Å². The zero-order valence-corrected chi connectivity index (χ0v) is 14.5. The van der Waals surface area contributed by atoms with Crippen molar-refractivity contribution in [1.82, 2.24) is 10.3 Å². The van der Waals surface area contributed by atoms with Crippen LogP contribution in [0.2, 0.25) is 0 Å². The fraction of sp³-hybridized carbons (Fsp3) is 0.588. The predicted molar refractivity (Wildman–Crippen MR) is 85.3 cm³/mol. The number of rotatable bonds is 6. The monoisotopic (exact) mass is 325 g/mol. The molecule has 0 spiro atoms. The van der Waals surface area contributed by atoms with Gasteiger partial charge < -0.3 is 12.4 Å². The number of likely N-dealkylation sites (N-methyl/N-ethyl adjacent to an activating group) is 1. The van der Waals surface area contributed by atoms with Crippen LogP contribution in [0, 0.1) is 0 Å². The average Bonchev–Trinajstić information content (AvgIpc) is 2.50. The van der Waals surface area contributed by atoms with Crippen molar-refractivity contribution in [3.05, 3.63) is 35.4 Å². The van der Waals surface area contributed by atoms with Crippen LogP contribution >= 0.6 is 0 Å². The van der Waals surface area contributed by atoms with Gasteiger partial charge in [0.15, 0.2) is 0 Å². The first kappa shape index (κ1) is 18.9. The summed E-state index contributed by atoms with van der Waals surface area (Å²) in [7, 11) is 2.12. The molecule has 0 bridgehead atoms. The van der Waals surface area contributed by atoms with Crippen molar-refractivity contribution in [1.29, 1.82) is 0 Å². The Labute approximate surface area is 140 Å². The van der Waals surface area contributed by atoms with Gasteiger partial charge in [-0.1, -0.05) is 31.9 Å². The minimum absolute atomic E-state index is 0. The van der Waals surface area contributed by atoms with E-state index in [4.69, 9.17) is 0 Å². The molecule has 0 radical (unpaired) electrons. The SMILES string of the molecule is CCCCCc1ccc(C(=O)N[NH+]2CCN(C)CC2)cc1.[Cl-]. The summed E-state index contributed by atoms with van der Waals surface area (Å²) in [5.41, 5.74) is 5.17. The number of hydrogen-bond donors (Lipinski definition) is 2. The molecule has 2 rings (SSSR count). The van der Waals surface area contributed by atoms with Crippen molar-refractivity contribution in [2.45, 2.75) is 32.6 Å². The molecule has 124 valence electrons. The fourth-order valence-corrected chi connectivity index (χ4v) is 2.65. The van der Waals surface area contributed by atoms with Crippen molar-refractivity contribution in [3.8, 4) is 0 Å². The van der Waals surface area contributed by atoms with Gasteiger partial charge in [0, 0.05) is 18.7 Å². The highest BCUT2D eigenvalue weighted by Crippen LogP contribution is 2.08. The third-order valence-electron chi connectivity index (χ3n) is 4.17. The molecule has 5 heteroatoms. The Bertz CT molecular complexity index is 442. The van der Waals surface area contributed by atoms with E-state index in [0.29, 0.717) is 0 Å². The van der Waals surface area contributed by atoms with Gasteiger partial charge in [0.05, 0.1) is 0 Å². The molecule has 1 aliphatic rings. The average molecular weight is 326 g/mol. The number of piperazine rings is 1. The van der Waals surface area contributed by atoms with Crippen molar-refractivity contribution in [2.75, 3.05) is 33.2 Å². The summed E-state index contributed by atoms with van der Waals surface area (Å²) in [6, 6.07) is 8.08. The summed E-state index contributed by atoms with van der Waals surface area (Å²) in [5, 5.41) is 1.17. The van der Waals surface area contributed by atoms with Gasteiger partial charge in [-0.3, -0.25) is 9.69 Å². The predicted octanol–water partition coefficient (Wildman–Crippen LogP) is -2.10. The number of aryl methyl sites for hydroxylation is 1. The molecule has 1 aromatic rings. The van der Waals surface area contributed by atoms with Crippen molar-refractivity contribution in [3.63, 3.8) is 0 Å². The van der Waals surface area contributed by atoms with Gasteiger partial charge in [-0.15, -0.1) is 0 Å². The second kappa shape index (κ2) is 9.82. The number of nitrogens with one attached hydrogen (secondary N) is 2. The third-order valence-corrected chi connectivity index (χ3v) is 4.17. The van der Waals surface area contributed by atoms with Gasteiger partial charge in [0.2, 0.25) is 0 Å². The first-order chi connectivity index (χ1) is 10.2. The number of benzene rings is 1. The molecule has 2 N–H and O–H groups in total. The van der Waals surface area contributed by atoms with E-state index >= 15 is 0 Å². The number of unbranched alkanes of at least 4 members (excludes halogenated alkanes) is 2. The van der Waals surface area contributed by atoms with Crippen LogP contribution in [0.1, 0.15) is 42.1 Å². The minimum Gasteiger partial charge on any atom is -1.00 e. The highest BCUT2D eigenvalue weighted by molar-refractivity contribution is 5.93. The van der Waals surface area contributed by atoms with Crippen molar-refractivity contribution >= 4 is 5.91 Å². The third kappa shape index (κ3) is 5.95. The highest BCUT2D eigenvalue weighted by atomic mass is 35.5. The summed E-state index contributed by atoms with van der Waals surface area (Å²) in [4.78, 5) is 14.5. The van der Waals surface area contributed by atoms with Crippen LogP contribution in [0.3, 0.4) is 0 Å². The Morgan fingerprint density at radius 2 is 1.82 bits per heavy atom. The molecule has 1 aliphatic heterocycles. The largest absolute Gasteiger partial charge is 1.00 e. The maximum absolute atomic E-state index is 12.2. The molecular formula is C17H28ClN3O. The number of amides is 1. The van der Waals surface area contributed by atoms with Crippen LogP contribution in [0.5, 0.6) is 0 Å². The molecule has 1 amide bonds. The molecule has 1 heterocycles. The molecule has 0 aliphatic carbocycles. The molecule has 1 aromatic carbocycles. The van der Waals surface area contributed by atoms with E-state index in [1.807, 2.05) is 12.1 Å². The Hall–Kier alpha value is -1.10. The topological polar surface area (TPSA) is 36.8 Å². The van der Waals surface area contributed by atoms with Crippen LogP contribution < -0.4 is 22.8 Å². The van der Waals surface area contributed by atoms with Gasteiger partial charge in [0.25, 0.3) is 5.91 Å². The van der Waals surface area contributed by atoms with Gasteiger partial charge >= 0.3 is 0 Å². The van der Waals surface area contributed by atoms with Gasteiger partial charge in [-0.25, -0.2) is 5.01 Å². The molecule has 0 atom stereocenters. The summed E-state index contributed by atoms with van der Waals surface area (Å²) in [5.74, 6) is 0.0367. The smallest absolute Gasteiger partial charge is 0.295 e. The highest BCUT2D eigenvalue weighted by Gasteiger charge is 2.19. The Morgan fingerprint density at radius 1 is 1.18 bits per heavy atom. The molecule has 0 saturated carbocycles. The van der Waals surface area contributed by atoms with E-state index in [1.165, 1.54) is 29.8 Å². The van der Waals surface area contributed by atoms with E-state index in [1.54, 1.807) is 0 Å². The van der Waals surface area contributed by atoms with Crippen LogP contribution in [0.15, 0.2) is 24.3 Å². The second-order valence-corrected chi connectivity index (χ2v) is 6.01. The maximum Gasteiger partial charge on any atom is 0.295 e. The zero-order valence-electron chi connectivity index (χ0n) is 13.7. The van der Waals surface area contributed by atoms with Crippen LogP contribution in [0.4, 0.5) is 0 Å². The van der Waals surface area contributed by atoms with Crippen LogP contribution in [-0.4, -0.2) is 44.0 Å². The molecule has 1 saturated heterocycles. The first-order valence-corrected chi connectivity index (χ1v) is 8.12. The van der Waals surface area contributed by atoms with Crippen molar-refractivity contribution < 1.29 is 22.2 Å². The standard InChI is InChI=1S/C17H27N3O.ClH/c1-3-4-5-6-15-7-9-16(10-8-15)17(21)18-20-13-11-19(2)12-14-20;/h7-10H,3-6,11-14H2,1-2H3,(H,18,21);1H. The molecule has 0 unspecified atom stereocenters. The lowest BCUT2D eigenvalue weighted by atomic mass is 10.1. The molecule has 0 aromatic heterocycles. The maximum atomic E-state index is 12.2. The summed E-state index contributed by atoms with van der Waals surface area (Å²) in [6.45, 7) is 6.22. The lowest BCUT2D eigenvalue weighted by molar-refractivity contribution is -0.939. The first-order valence-electron chi connectivity index (χ1n) is 8.12. The van der Waals surface area contributed by atoms with Crippen molar-refractivity contribution in [2.24, 2.45) is 0 Å². The normalized spacial score (nSPS) is 16.1. The number of nitrogens with zero attached hydrogens (tertiary/aromatic N) is 1. The quantitative estimate of drug-likeness (QED) is 0.588. The summed E-state index contributed by atoms with van der Waals surface area (Å²) < 4.78 is 0. The van der Waals surface area contributed by atoms with Crippen LogP contribution in [0.25, 0.3) is 0 Å². The number of carbonyl (C=O) groups is 1. The number of hydrogen-bond acceptors (Lipinski definition) is 2. The van der Waals surface area contributed by atoms with Crippen LogP contribution in [-0.2, 0) is 6.42 Å². The Morgan fingerprint density at radius 3 is 2.41 bits per heavy atom. The fourth-order valence-electron chi connectivity index (χ4n) is 2.65. The lowest BCUT2D eigenvalue weighted by Gasteiger charge is -2.28. The van der Waals surface area contributed by atoms with Gasteiger partial charge in [-0.2, -0.15) is 5.43 Å². The van der Waals surface area contributed by atoms with E-state index in [9.17, 15) is 4.79 Å². The lowest BCUT2D eigenvalue weighted by Crippen LogP contribution is -3.21. The Balaban J connectivity index is 0.00000242. The minimum atomic E-state index is 0. The van der Waals surface area contributed by atoms with Gasteiger partial charge in [-0.05, 0) is 37.6 Å². The number of carbonyl (C=O) groups excluding carboxylic acids is 1. The molecule has 4 nitrogen and oxygen atoms in total.